The van der Waals surface area contributed by atoms with Crippen LogP contribution in [0.4, 0.5) is 16.3 Å². The average Bonchev–Trinajstić information content (AvgIpc) is 3.63. The van der Waals surface area contributed by atoms with Gasteiger partial charge in [-0.05, 0) is 36.4 Å². The van der Waals surface area contributed by atoms with Gasteiger partial charge in [-0.25, -0.2) is 19.7 Å². The summed E-state index contributed by atoms with van der Waals surface area (Å²) in [5.41, 5.74) is 1.46. The van der Waals surface area contributed by atoms with E-state index in [2.05, 4.69) is 38.1 Å². The van der Waals surface area contributed by atoms with Gasteiger partial charge in [-0.2, -0.15) is 5.10 Å². The van der Waals surface area contributed by atoms with Crippen molar-refractivity contribution in [1.29, 1.82) is 0 Å². The van der Waals surface area contributed by atoms with Gasteiger partial charge >= 0.3 is 6.03 Å². The summed E-state index contributed by atoms with van der Waals surface area (Å²) in [5, 5.41) is 13.0. The Morgan fingerprint density at radius 1 is 1.02 bits per heavy atom. The number of aromatic nitrogens is 5. The van der Waals surface area contributed by atoms with Crippen molar-refractivity contribution in [2.24, 2.45) is 7.05 Å². The smallest absolute Gasteiger partial charge is 0.324 e. The van der Waals surface area contributed by atoms with Crippen LogP contribution >= 0.6 is 11.3 Å². The van der Waals surface area contributed by atoms with Crippen LogP contribution in [0, 0.1) is 0 Å². The van der Waals surface area contributed by atoms with Crippen LogP contribution in [0.15, 0.2) is 48.7 Å². The highest BCUT2D eigenvalue weighted by molar-refractivity contribution is 7.15. The Hall–Kier alpha value is -3.75. The Kier molecular flexibility index (Phi) is 8.07. The van der Waals surface area contributed by atoms with Crippen molar-refractivity contribution in [1.82, 2.24) is 34.9 Å². The number of hydrogen-bond donors (Lipinski definition) is 3. The first-order valence-corrected chi connectivity index (χ1v) is 14.1. The van der Waals surface area contributed by atoms with E-state index >= 15 is 0 Å². The van der Waals surface area contributed by atoms with E-state index in [1.165, 1.54) is 4.88 Å². The number of urea groups is 1. The van der Waals surface area contributed by atoms with Crippen LogP contribution in [0.3, 0.4) is 0 Å². The fourth-order valence-electron chi connectivity index (χ4n) is 4.55. The molecular formula is C27H31N9O3S. The third kappa shape index (κ3) is 6.35. The summed E-state index contributed by atoms with van der Waals surface area (Å²) in [6.45, 7) is 6.37. The summed E-state index contributed by atoms with van der Waals surface area (Å²) in [6, 6.07) is 13.0. The van der Waals surface area contributed by atoms with E-state index in [9.17, 15) is 4.79 Å². The van der Waals surface area contributed by atoms with Crippen LogP contribution in [0.25, 0.3) is 22.1 Å². The molecule has 13 heteroatoms. The molecule has 1 atom stereocenters. The number of rotatable bonds is 7. The van der Waals surface area contributed by atoms with Gasteiger partial charge in [0.1, 0.15) is 11.9 Å². The third-order valence-electron chi connectivity index (χ3n) is 6.70. The Balaban J connectivity index is 1.23. The SMILES string of the molecule is Cn1nccc1NC(=O)Nc1ccc(-c2nc(-c3ccc(CN4CCOCC4)s3)nc(C3CNCCO3)n2)cc1. The van der Waals surface area contributed by atoms with E-state index in [1.54, 1.807) is 35.3 Å². The minimum absolute atomic E-state index is 0.251. The van der Waals surface area contributed by atoms with Crippen molar-refractivity contribution in [3.05, 3.63) is 59.4 Å². The zero-order chi connectivity index (χ0) is 27.3. The lowest BCUT2D eigenvalue weighted by atomic mass is 10.2. The highest BCUT2D eigenvalue weighted by Crippen LogP contribution is 2.30. The van der Waals surface area contributed by atoms with Gasteiger partial charge in [0.05, 0.1) is 30.9 Å². The summed E-state index contributed by atoms with van der Waals surface area (Å²) < 4.78 is 13.0. The summed E-state index contributed by atoms with van der Waals surface area (Å²) in [6.07, 6.45) is 1.37. The highest BCUT2D eigenvalue weighted by atomic mass is 32.1. The lowest BCUT2D eigenvalue weighted by molar-refractivity contribution is 0.0221. The molecule has 12 nitrogen and oxygen atoms in total. The molecule has 2 amide bonds. The Bertz CT molecular complexity index is 1440. The quantitative estimate of drug-likeness (QED) is 0.311. The maximum absolute atomic E-state index is 12.4. The van der Waals surface area contributed by atoms with Gasteiger partial charge in [-0.3, -0.25) is 14.9 Å². The predicted octanol–water partition coefficient (Wildman–Crippen LogP) is 3.14. The van der Waals surface area contributed by atoms with Gasteiger partial charge in [0, 0.05) is 62.0 Å². The van der Waals surface area contributed by atoms with Gasteiger partial charge in [-0.1, -0.05) is 0 Å². The number of nitrogens with one attached hydrogen (secondary N) is 3. The zero-order valence-electron chi connectivity index (χ0n) is 22.2. The molecule has 0 saturated carbocycles. The molecule has 0 spiro atoms. The van der Waals surface area contributed by atoms with E-state index in [0.29, 0.717) is 42.1 Å². The largest absolute Gasteiger partial charge is 0.379 e. The fraction of sp³-hybridized carbons (Fsp3) is 0.370. The molecule has 1 aromatic carbocycles. The van der Waals surface area contributed by atoms with Crippen LogP contribution < -0.4 is 16.0 Å². The monoisotopic (exact) mass is 561 g/mol. The molecule has 5 heterocycles. The normalized spacial score (nSPS) is 18.0. The standard InChI is InChI=1S/C27H31N9O3S/c1-35-23(8-9-29-35)31-27(37)30-19-4-2-18(3-5-19)24-32-25(21-16-28-10-13-39-21)34-26(33-24)22-7-6-20(40-22)17-36-11-14-38-15-12-36/h2-9,21,28H,10-17H2,1H3,(H2,30,31,37). The first-order chi connectivity index (χ1) is 19.6. The number of morpholine rings is 2. The van der Waals surface area contributed by atoms with Crippen molar-refractivity contribution >= 4 is 28.9 Å². The molecule has 4 aromatic rings. The molecule has 0 aliphatic carbocycles. The third-order valence-corrected chi connectivity index (χ3v) is 7.76. The molecule has 0 radical (unpaired) electrons. The van der Waals surface area contributed by atoms with Gasteiger partial charge < -0.3 is 20.1 Å². The van der Waals surface area contributed by atoms with E-state index in [1.807, 2.05) is 24.3 Å². The molecule has 2 aliphatic rings. The van der Waals surface area contributed by atoms with Crippen molar-refractivity contribution < 1.29 is 14.3 Å². The van der Waals surface area contributed by atoms with E-state index in [0.717, 1.165) is 49.8 Å². The number of hydrogen-bond acceptors (Lipinski definition) is 10. The number of nitrogens with zero attached hydrogens (tertiary/aromatic N) is 6. The van der Waals surface area contributed by atoms with Gasteiger partial charge in [0.2, 0.25) is 0 Å². The first kappa shape index (κ1) is 26.5. The second kappa shape index (κ2) is 12.2. The Labute approximate surface area is 235 Å². The van der Waals surface area contributed by atoms with Crippen LogP contribution in [0.2, 0.25) is 0 Å². The van der Waals surface area contributed by atoms with E-state index in [-0.39, 0.29) is 12.1 Å². The van der Waals surface area contributed by atoms with Gasteiger partial charge in [0.25, 0.3) is 0 Å². The molecule has 3 aromatic heterocycles. The number of benzene rings is 1. The number of anilines is 2. The molecule has 1 unspecified atom stereocenters. The van der Waals surface area contributed by atoms with Crippen LogP contribution in [0.1, 0.15) is 16.8 Å². The lowest BCUT2D eigenvalue weighted by Crippen LogP contribution is -2.35. The number of carbonyl (C=O) groups is 1. The molecule has 2 fully saturated rings. The molecule has 3 N–H and O–H groups in total. The van der Waals surface area contributed by atoms with Gasteiger partial charge in [-0.15, -0.1) is 11.3 Å². The molecular weight excluding hydrogens is 530 g/mol. The summed E-state index contributed by atoms with van der Waals surface area (Å²) in [5.74, 6) is 2.39. The van der Waals surface area contributed by atoms with Gasteiger partial charge in [0.15, 0.2) is 17.5 Å². The number of aryl methyl sites for hydroxylation is 1. The van der Waals surface area contributed by atoms with Crippen LogP contribution in [0.5, 0.6) is 0 Å². The summed E-state index contributed by atoms with van der Waals surface area (Å²) in [4.78, 5) is 31.5. The number of carbonyl (C=O) groups excluding carboxylic acids is 1. The Morgan fingerprint density at radius 2 is 1.85 bits per heavy atom. The van der Waals surface area contributed by atoms with Crippen LogP contribution in [-0.2, 0) is 23.1 Å². The minimum Gasteiger partial charge on any atom is -0.379 e. The van der Waals surface area contributed by atoms with E-state index < -0.39 is 0 Å². The molecule has 40 heavy (non-hydrogen) atoms. The second-order valence-electron chi connectivity index (χ2n) is 9.56. The topological polar surface area (TPSA) is 131 Å². The highest BCUT2D eigenvalue weighted by Gasteiger charge is 2.22. The molecule has 2 saturated heterocycles. The van der Waals surface area contributed by atoms with E-state index in [4.69, 9.17) is 24.4 Å². The summed E-state index contributed by atoms with van der Waals surface area (Å²) >= 11 is 1.70. The molecule has 6 rings (SSSR count). The summed E-state index contributed by atoms with van der Waals surface area (Å²) in [7, 11) is 1.76. The molecule has 0 bridgehead atoms. The maximum atomic E-state index is 12.4. The molecule has 2 aliphatic heterocycles. The van der Waals surface area contributed by atoms with Crippen molar-refractivity contribution in [3.8, 4) is 22.1 Å². The predicted molar refractivity (Wildman–Crippen MR) is 152 cm³/mol. The van der Waals surface area contributed by atoms with Crippen molar-refractivity contribution in [3.63, 3.8) is 0 Å². The number of amides is 2. The number of ether oxygens (including phenoxy) is 2. The Morgan fingerprint density at radius 3 is 2.60 bits per heavy atom. The minimum atomic E-state index is -0.353. The fourth-order valence-corrected chi connectivity index (χ4v) is 5.53. The number of thiophene rings is 1. The average molecular weight is 562 g/mol. The van der Waals surface area contributed by atoms with Crippen molar-refractivity contribution in [2.45, 2.75) is 12.6 Å². The van der Waals surface area contributed by atoms with Crippen LogP contribution in [-0.4, -0.2) is 81.7 Å². The second-order valence-corrected chi connectivity index (χ2v) is 10.7. The first-order valence-electron chi connectivity index (χ1n) is 13.2. The lowest BCUT2D eigenvalue weighted by Gasteiger charge is -2.25. The maximum Gasteiger partial charge on any atom is 0.324 e. The zero-order valence-corrected chi connectivity index (χ0v) is 23.0. The molecule has 208 valence electrons. The van der Waals surface area contributed by atoms with Crippen molar-refractivity contribution in [2.75, 3.05) is 56.6 Å².